The van der Waals surface area contributed by atoms with E-state index in [1.165, 1.54) is 11.3 Å². The standard InChI is InChI=1S/C18H22N4O3/c23-16-9-19-18(25)22(16)10-12-1-3-13(4-2-12)17(24)21-8-7-14-5-6-15(11-21)20-14/h1-4,14-15,20H,5-11H2,(H,19,25). The van der Waals surface area contributed by atoms with E-state index in [2.05, 4.69) is 10.6 Å². The van der Waals surface area contributed by atoms with Crippen molar-refractivity contribution >= 4 is 17.8 Å². The zero-order valence-electron chi connectivity index (χ0n) is 14.0. The number of fused-ring (bicyclic) bond motifs is 2. The first-order chi connectivity index (χ1) is 12.1. The van der Waals surface area contributed by atoms with E-state index in [4.69, 9.17) is 0 Å². The molecule has 3 saturated heterocycles. The van der Waals surface area contributed by atoms with Crippen molar-refractivity contribution in [2.45, 2.75) is 37.9 Å². The predicted molar refractivity (Wildman–Crippen MR) is 90.9 cm³/mol. The van der Waals surface area contributed by atoms with Crippen LogP contribution in [-0.2, 0) is 11.3 Å². The number of hydrogen-bond acceptors (Lipinski definition) is 4. The highest BCUT2D eigenvalue weighted by Crippen LogP contribution is 2.22. The number of rotatable bonds is 3. The third-order valence-corrected chi connectivity index (χ3v) is 5.29. The molecule has 3 heterocycles. The lowest BCUT2D eigenvalue weighted by molar-refractivity contribution is -0.125. The SMILES string of the molecule is O=C(c1ccc(CN2C(=O)CNC2=O)cc1)N1CCC2CCC(C1)N2. The van der Waals surface area contributed by atoms with E-state index >= 15 is 0 Å². The van der Waals surface area contributed by atoms with Crippen molar-refractivity contribution < 1.29 is 14.4 Å². The summed E-state index contributed by atoms with van der Waals surface area (Å²) in [6.45, 7) is 1.84. The lowest BCUT2D eigenvalue weighted by Crippen LogP contribution is -2.39. The number of imide groups is 1. The molecule has 4 amide bonds. The van der Waals surface area contributed by atoms with Crippen molar-refractivity contribution in [1.29, 1.82) is 0 Å². The summed E-state index contributed by atoms with van der Waals surface area (Å²) in [5.41, 5.74) is 1.48. The third-order valence-electron chi connectivity index (χ3n) is 5.29. The number of carbonyl (C=O) groups excluding carboxylic acids is 3. The van der Waals surface area contributed by atoms with Crippen LogP contribution in [0, 0.1) is 0 Å². The first kappa shape index (κ1) is 16.1. The smallest absolute Gasteiger partial charge is 0.324 e. The molecule has 1 aromatic carbocycles. The lowest BCUT2D eigenvalue weighted by atomic mass is 10.1. The number of amides is 4. The third kappa shape index (κ3) is 3.24. The summed E-state index contributed by atoms with van der Waals surface area (Å²) in [6, 6.07) is 7.80. The van der Waals surface area contributed by atoms with E-state index in [9.17, 15) is 14.4 Å². The Kier molecular flexibility index (Phi) is 4.17. The molecule has 0 radical (unpaired) electrons. The van der Waals surface area contributed by atoms with Crippen LogP contribution in [0.2, 0.25) is 0 Å². The van der Waals surface area contributed by atoms with E-state index in [-0.39, 0.29) is 30.9 Å². The molecule has 0 spiro atoms. The molecule has 2 bridgehead atoms. The molecule has 7 nitrogen and oxygen atoms in total. The molecule has 2 atom stereocenters. The van der Waals surface area contributed by atoms with Crippen LogP contribution in [0.15, 0.2) is 24.3 Å². The fourth-order valence-electron chi connectivity index (χ4n) is 3.86. The van der Waals surface area contributed by atoms with Gasteiger partial charge in [-0.1, -0.05) is 12.1 Å². The van der Waals surface area contributed by atoms with Crippen molar-refractivity contribution in [3.63, 3.8) is 0 Å². The number of urea groups is 1. The number of likely N-dealkylation sites (tertiary alicyclic amines) is 1. The van der Waals surface area contributed by atoms with Crippen LogP contribution >= 0.6 is 0 Å². The predicted octanol–water partition coefficient (Wildman–Crippen LogP) is 0.705. The van der Waals surface area contributed by atoms with Crippen LogP contribution in [0.1, 0.15) is 35.2 Å². The lowest BCUT2D eigenvalue weighted by Gasteiger charge is -2.24. The maximum Gasteiger partial charge on any atom is 0.324 e. The minimum absolute atomic E-state index is 0.0518. The summed E-state index contributed by atoms with van der Waals surface area (Å²) in [7, 11) is 0. The van der Waals surface area contributed by atoms with E-state index in [0.29, 0.717) is 17.6 Å². The van der Waals surface area contributed by atoms with Gasteiger partial charge in [-0.15, -0.1) is 0 Å². The average molecular weight is 342 g/mol. The summed E-state index contributed by atoms with van der Waals surface area (Å²) in [5, 5.41) is 6.08. The monoisotopic (exact) mass is 342 g/mol. The Bertz CT molecular complexity index is 687. The van der Waals surface area contributed by atoms with Gasteiger partial charge in [0.2, 0.25) is 5.91 Å². The van der Waals surface area contributed by atoms with Gasteiger partial charge in [0.25, 0.3) is 5.91 Å². The zero-order chi connectivity index (χ0) is 17.4. The molecule has 4 rings (SSSR count). The fourth-order valence-corrected chi connectivity index (χ4v) is 3.86. The maximum atomic E-state index is 12.8. The largest absolute Gasteiger partial charge is 0.337 e. The van der Waals surface area contributed by atoms with Crippen LogP contribution in [0.3, 0.4) is 0 Å². The summed E-state index contributed by atoms with van der Waals surface area (Å²) < 4.78 is 0. The van der Waals surface area contributed by atoms with Crippen LogP contribution in [0.4, 0.5) is 4.79 Å². The first-order valence-corrected chi connectivity index (χ1v) is 8.82. The molecule has 1 aromatic rings. The van der Waals surface area contributed by atoms with Crippen molar-refractivity contribution in [3.8, 4) is 0 Å². The molecule has 132 valence electrons. The zero-order valence-corrected chi connectivity index (χ0v) is 14.0. The molecule has 3 aliphatic rings. The number of benzene rings is 1. The fraction of sp³-hybridized carbons (Fsp3) is 0.500. The molecule has 0 saturated carbocycles. The van der Waals surface area contributed by atoms with Gasteiger partial charge in [-0.3, -0.25) is 14.5 Å². The van der Waals surface area contributed by atoms with Gasteiger partial charge in [-0.2, -0.15) is 0 Å². The van der Waals surface area contributed by atoms with E-state index in [1.807, 2.05) is 17.0 Å². The quantitative estimate of drug-likeness (QED) is 0.793. The van der Waals surface area contributed by atoms with Crippen LogP contribution in [-0.4, -0.2) is 59.4 Å². The van der Waals surface area contributed by atoms with E-state index in [1.54, 1.807) is 12.1 Å². The molecule has 7 heteroatoms. The van der Waals surface area contributed by atoms with Gasteiger partial charge in [0.05, 0.1) is 13.1 Å². The van der Waals surface area contributed by atoms with Gasteiger partial charge in [0, 0.05) is 30.7 Å². The van der Waals surface area contributed by atoms with Gasteiger partial charge in [0.15, 0.2) is 0 Å². The second kappa shape index (κ2) is 6.48. The molecule has 3 fully saturated rings. The Morgan fingerprint density at radius 1 is 1.08 bits per heavy atom. The van der Waals surface area contributed by atoms with Gasteiger partial charge >= 0.3 is 6.03 Å². The van der Waals surface area contributed by atoms with Crippen LogP contribution in [0.25, 0.3) is 0 Å². The molecule has 25 heavy (non-hydrogen) atoms. The van der Waals surface area contributed by atoms with Crippen molar-refractivity contribution in [1.82, 2.24) is 20.4 Å². The highest BCUT2D eigenvalue weighted by Gasteiger charge is 2.31. The van der Waals surface area contributed by atoms with E-state index < -0.39 is 0 Å². The summed E-state index contributed by atoms with van der Waals surface area (Å²) in [6.07, 6.45) is 3.36. The average Bonchev–Trinajstić information content (AvgIpc) is 3.11. The molecule has 0 aromatic heterocycles. The second-order valence-corrected chi connectivity index (χ2v) is 7.01. The number of nitrogens with zero attached hydrogens (tertiary/aromatic N) is 2. The van der Waals surface area contributed by atoms with Crippen LogP contribution < -0.4 is 10.6 Å². The number of hydrogen-bond donors (Lipinski definition) is 2. The topological polar surface area (TPSA) is 81.8 Å². The maximum absolute atomic E-state index is 12.8. The molecular weight excluding hydrogens is 320 g/mol. The van der Waals surface area contributed by atoms with Gasteiger partial charge in [0.1, 0.15) is 0 Å². The first-order valence-electron chi connectivity index (χ1n) is 8.82. The summed E-state index contributed by atoms with van der Waals surface area (Å²) in [4.78, 5) is 39.1. The minimum atomic E-state index is -0.364. The van der Waals surface area contributed by atoms with E-state index in [0.717, 1.165) is 31.5 Å². The van der Waals surface area contributed by atoms with Crippen molar-refractivity contribution in [3.05, 3.63) is 35.4 Å². The van der Waals surface area contributed by atoms with Crippen LogP contribution in [0.5, 0.6) is 0 Å². The number of nitrogens with one attached hydrogen (secondary N) is 2. The molecule has 3 aliphatic heterocycles. The normalized spacial score (nSPS) is 25.9. The number of carbonyl (C=O) groups is 3. The van der Waals surface area contributed by atoms with Gasteiger partial charge in [-0.05, 0) is 37.0 Å². The highest BCUT2D eigenvalue weighted by molar-refractivity contribution is 6.01. The molecule has 0 aliphatic carbocycles. The molecule has 2 N–H and O–H groups in total. The Labute approximate surface area is 146 Å². The Hall–Kier alpha value is -2.41. The Morgan fingerprint density at radius 2 is 1.84 bits per heavy atom. The van der Waals surface area contributed by atoms with Gasteiger partial charge in [-0.25, -0.2) is 4.79 Å². The Balaban J connectivity index is 1.42. The molecule has 2 unspecified atom stereocenters. The van der Waals surface area contributed by atoms with Crippen molar-refractivity contribution in [2.75, 3.05) is 19.6 Å². The van der Waals surface area contributed by atoms with Gasteiger partial charge < -0.3 is 15.5 Å². The summed E-state index contributed by atoms with van der Waals surface area (Å²) >= 11 is 0. The second-order valence-electron chi connectivity index (χ2n) is 7.01. The Morgan fingerprint density at radius 3 is 2.56 bits per heavy atom. The summed E-state index contributed by atoms with van der Waals surface area (Å²) in [5.74, 6) is -0.173. The highest BCUT2D eigenvalue weighted by atomic mass is 16.2. The molecular formula is C18H22N4O3. The minimum Gasteiger partial charge on any atom is -0.337 e. The van der Waals surface area contributed by atoms with Crippen molar-refractivity contribution in [2.24, 2.45) is 0 Å².